The second-order valence-corrected chi connectivity index (χ2v) is 5.56. The number of carbonyl (C=O) groups excluding carboxylic acids is 1. The van der Waals surface area contributed by atoms with E-state index >= 15 is 0 Å². The van der Waals surface area contributed by atoms with Crippen molar-refractivity contribution in [1.29, 1.82) is 0 Å². The normalized spacial score (nSPS) is 10.4. The Morgan fingerprint density at radius 3 is 2.44 bits per heavy atom. The smallest absolute Gasteiger partial charge is 0.276 e. The zero-order chi connectivity index (χ0) is 18.2. The summed E-state index contributed by atoms with van der Waals surface area (Å²) in [6.45, 7) is 1.63. The molecule has 1 heterocycles. The predicted molar refractivity (Wildman–Crippen MR) is 96.6 cm³/mol. The van der Waals surface area contributed by atoms with Crippen molar-refractivity contribution in [2.24, 2.45) is 0 Å². The molecule has 0 atom stereocenters. The largest absolute Gasteiger partial charge is 0.493 e. The van der Waals surface area contributed by atoms with Gasteiger partial charge in [-0.2, -0.15) is 0 Å². The molecule has 2 N–H and O–H groups in total. The van der Waals surface area contributed by atoms with E-state index in [0.717, 1.165) is 13.1 Å². The van der Waals surface area contributed by atoms with Crippen molar-refractivity contribution in [3.05, 3.63) is 36.0 Å². The van der Waals surface area contributed by atoms with E-state index in [4.69, 9.17) is 9.47 Å². The number of hydrogen-bond acceptors (Lipinski definition) is 7. The lowest BCUT2D eigenvalue weighted by atomic mass is 10.2. The van der Waals surface area contributed by atoms with Gasteiger partial charge in [0.25, 0.3) is 5.91 Å². The molecule has 25 heavy (non-hydrogen) atoms. The van der Waals surface area contributed by atoms with Gasteiger partial charge < -0.3 is 25.0 Å². The minimum absolute atomic E-state index is 0.230. The van der Waals surface area contributed by atoms with Crippen molar-refractivity contribution in [3.8, 4) is 11.5 Å². The molecule has 0 unspecified atom stereocenters. The number of amides is 1. The molecule has 8 nitrogen and oxygen atoms in total. The SMILES string of the molecule is COc1ccc(NC(=O)c2ccc(NCCN(C)C)nn2)cc1OC. The van der Waals surface area contributed by atoms with Gasteiger partial charge in [-0.25, -0.2) is 0 Å². The summed E-state index contributed by atoms with van der Waals surface area (Å²) in [5.74, 6) is 1.41. The van der Waals surface area contributed by atoms with Crippen molar-refractivity contribution in [1.82, 2.24) is 15.1 Å². The van der Waals surface area contributed by atoms with Crippen molar-refractivity contribution in [2.75, 3.05) is 52.0 Å². The Hall–Kier alpha value is -2.87. The lowest BCUT2D eigenvalue weighted by Gasteiger charge is -2.11. The Morgan fingerprint density at radius 1 is 1.08 bits per heavy atom. The highest BCUT2D eigenvalue weighted by atomic mass is 16.5. The first-order chi connectivity index (χ1) is 12.0. The molecule has 0 aliphatic heterocycles. The zero-order valence-electron chi connectivity index (χ0n) is 14.9. The van der Waals surface area contributed by atoms with Crippen molar-refractivity contribution in [2.45, 2.75) is 0 Å². The molecule has 2 aromatic rings. The number of hydrogen-bond donors (Lipinski definition) is 2. The first-order valence-corrected chi connectivity index (χ1v) is 7.79. The van der Waals surface area contributed by atoms with Gasteiger partial charge in [-0.15, -0.1) is 10.2 Å². The minimum Gasteiger partial charge on any atom is -0.493 e. The summed E-state index contributed by atoms with van der Waals surface area (Å²) in [4.78, 5) is 14.3. The van der Waals surface area contributed by atoms with Gasteiger partial charge in [0.05, 0.1) is 14.2 Å². The number of likely N-dealkylation sites (N-methyl/N-ethyl adjacent to an activating group) is 1. The van der Waals surface area contributed by atoms with Gasteiger partial charge in [0.2, 0.25) is 0 Å². The number of nitrogens with one attached hydrogen (secondary N) is 2. The van der Waals surface area contributed by atoms with Crippen LogP contribution in [0.15, 0.2) is 30.3 Å². The summed E-state index contributed by atoms with van der Waals surface area (Å²) >= 11 is 0. The second-order valence-electron chi connectivity index (χ2n) is 5.56. The average molecular weight is 345 g/mol. The van der Waals surface area contributed by atoms with E-state index in [-0.39, 0.29) is 11.6 Å². The van der Waals surface area contributed by atoms with Gasteiger partial charge in [0, 0.05) is 24.8 Å². The number of carbonyl (C=O) groups is 1. The number of rotatable bonds is 8. The second kappa shape index (κ2) is 8.84. The molecule has 1 aromatic heterocycles. The number of nitrogens with zero attached hydrogens (tertiary/aromatic N) is 3. The van der Waals surface area contributed by atoms with Crippen LogP contribution in [0.25, 0.3) is 0 Å². The van der Waals surface area contributed by atoms with Crippen LogP contribution in [0.4, 0.5) is 11.5 Å². The van der Waals surface area contributed by atoms with Gasteiger partial charge in [0.1, 0.15) is 5.82 Å². The lowest BCUT2D eigenvalue weighted by molar-refractivity contribution is 0.102. The summed E-state index contributed by atoms with van der Waals surface area (Å²) in [7, 11) is 7.08. The quantitative estimate of drug-likeness (QED) is 0.753. The monoisotopic (exact) mass is 345 g/mol. The van der Waals surface area contributed by atoms with E-state index in [1.54, 1.807) is 37.4 Å². The Morgan fingerprint density at radius 2 is 1.84 bits per heavy atom. The summed E-state index contributed by atoms with van der Waals surface area (Å²) in [6, 6.07) is 8.48. The highest BCUT2D eigenvalue weighted by Gasteiger charge is 2.11. The highest BCUT2D eigenvalue weighted by Crippen LogP contribution is 2.29. The summed E-state index contributed by atoms with van der Waals surface area (Å²) in [6.07, 6.45) is 0. The zero-order valence-corrected chi connectivity index (χ0v) is 14.9. The van der Waals surface area contributed by atoms with E-state index in [2.05, 4.69) is 25.7 Å². The number of ether oxygens (including phenoxy) is 2. The van der Waals surface area contributed by atoms with Gasteiger partial charge in [-0.1, -0.05) is 0 Å². The van der Waals surface area contributed by atoms with Crippen LogP contribution in [0, 0.1) is 0 Å². The molecule has 1 amide bonds. The van der Waals surface area contributed by atoms with E-state index < -0.39 is 0 Å². The van der Waals surface area contributed by atoms with Gasteiger partial charge in [-0.3, -0.25) is 4.79 Å². The maximum atomic E-state index is 12.3. The molecular formula is C17H23N5O3. The molecule has 8 heteroatoms. The van der Waals surface area contributed by atoms with E-state index in [0.29, 0.717) is 23.0 Å². The standard InChI is InChI=1S/C17H23N5O3/c1-22(2)10-9-18-16-8-6-13(20-21-16)17(23)19-12-5-7-14(24-3)15(11-12)25-4/h5-8,11H,9-10H2,1-4H3,(H,18,21)(H,19,23). The molecule has 0 bridgehead atoms. The average Bonchev–Trinajstić information content (AvgIpc) is 2.61. The van der Waals surface area contributed by atoms with Crippen LogP contribution >= 0.6 is 0 Å². The molecule has 0 spiro atoms. The first kappa shape index (κ1) is 18.5. The number of methoxy groups -OCH3 is 2. The highest BCUT2D eigenvalue weighted by molar-refractivity contribution is 6.02. The Kier molecular flexibility index (Phi) is 6.53. The van der Waals surface area contributed by atoms with Crippen molar-refractivity contribution in [3.63, 3.8) is 0 Å². The van der Waals surface area contributed by atoms with Crippen LogP contribution in [0.5, 0.6) is 11.5 Å². The third-order valence-electron chi connectivity index (χ3n) is 3.40. The third kappa shape index (κ3) is 5.32. The molecule has 0 aliphatic rings. The first-order valence-electron chi connectivity index (χ1n) is 7.79. The van der Waals surface area contributed by atoms with Crippen LogP contribution < -0.4 is 20.1 Å². The van der Waals surface area contributed by atoms with Crippen LogP contribution in [-0.4, -0.2) is 62.4 Å². The van der Waals surface area contributed by atoms with E-state index in [9.17, 15) is 4.79 Å². The molecule has 2 rings (SSSR count). The maximum Gasteiger partial charge on any atom is 0.276 e. The van der Waals surface area contributed by atoms with Gasteiger partial charge in [-0.05, 0) is 38.4 Å². The number of anilines is 2. The number of benzene rings is 1. The Bertz CT molecular complexity index is 704. The Labute approximate surface area is 147 Å². The fraction of sp³-hybridized carbons (Fsp3) is 0.353. The predicted octanol–water partition coefficient (Wildman–Crippen LogP) is 1.72. The van der Waals surface area contributed by atoms with Crippen LogP contribution in [0.3, 0.4) is 0 Å². The molecule has 0 saturated carbocycles. The van der Waals surface area contributed by atoms with Crippen molar-refractivity contribution >= 4 is 17.4 Å². The third-order valence-corrected chi connectivity index (χ3v) is 3.40. The van der Waals surface area contributed by atoms with Gasteiger partial charge in [0.15, 0.2) is 17.2 Å². The minimum atomic E-state index is -0.348. The fourth-order valence-corrected chi connectivity index (χ4v) is 2.06. The lowest BCUT2D eigenvalue weighted by Crippen LogP contribution is -2.21. The topological polar surface area (TPSA) is 88.6 Å². The van der Waals surface area contributed by atoms with E-state index in [1.807, 2.05) is 14.1 Å². The van der Waals surface area contributed by atoms with Gasteiger partial charge >= 0.3 is 0 Å². The van der Waals surface area contributed by atoms with Crippen LogP contribution in [0.2, 0.25) is 0 Å². The summed E-state index contributed by atoms with van der Waals surface area (Å²) < 4.78 is 10.4. The van der Waals surface area contributed by atoms with E-state index in [1.165, 1.54) is 7.11 Å². The Balaban J connectivity index is 1.98. The molecule has 0 radical (unpaired) electrons. The molecule has 0 saturated heterocycles. The van der Waals surface area contributed by atoms with Crippen LogP contribution in [-0.2, 0) is 0 Å². The molecule has 1 aromatic carbocycles. The molecule has 0 fully saturated rings. The summed E-state index contributed by atoms with van der Waals surface area (Å²) in [5, 5.41) is 13.9. The summed E-state index contributed by atoms with van der Waals surface area (Å²) in [5.41, 5.74) is 0.811. The van der Waals surface area contributed by atoms with Crippen molar-refractivity contribution < 1.29 is 14.3 Å². The molecule has 0 aliphatic carbocycles. The molecular weight excluding hydrogens is 322 g/mol. The number of aromatic nitrogens is 2. The fourth-order valence-electron chi connectivity index (χ4n) is 2.06. The van der Waals surface area contributed by atoms with Crippen LogP contribution in [0.1, 0.15) is 10.5 Å². The molecule has 134 valence electrons. The maximum absolute atomic E-state index is 12.3.